The van der Waals surface area contributed by atoms with Crippen LogP contribution in [0, 0.1) is 0 Å². The van der Waals surface area contributed by atoms with Gasteiger partial charge >= 0.3 is 0 Å². The molecule has 0 saturated carbocycles. The van der Waals surface area contributed by atoms with Crippen molar-refractivity contribution in [2.75, 3.05) is 26.9 Å². The normalized spacial score (nSPS) is 10.0. The number of ether oxygens (including phenoxy) is 3. The molecule has 5 nitrogen and oxygen atoms in total. The van der Waals surface area contributed by atoms with Gasteiger partial charge in [-0.3, -0.25) is 4.79 Å². The van der Waals surface area contributed by atoms with E-state index < -0.39 is 0 Å². The van der Waals surface area contributed by atoms with Crippen LogP contribution in [0.3, 0.4) is 0 Å². The van der Waals surface area contributed by atoms with Gasteiger partial charge in [0.1, 0.15) is 23.9 Å². The van der Waals surface area contributed by atoms with E-state index in [9.17, 15) is 4.79 Å². The van der Waals surface area contributed by atoms with Crippen molar-refractivity contribution in [3.8, 4) is 17.2 Å². The molecule has 0 aromatic heterocycles. The fourth-order valence-corrected chi connectivity index (χ4v) is 1.91. The summed E-state index contributed by atoms with van der Waals surface area (Å²) in [4.78, 5) is 11.7. The van der Waals surface area contributed by atoms with Crippen molar-refractivity contribution in [2.45, 2.75) is 0 Å². The van der Waals surface area contributed by atoms with Gasteiger partial charge in [-0.2, -0.15) is 0 Å². The fraction of sp³-hybridized carbons (Fsp3) is 0.235. The number of rotatable bonds is 8. The van der Waals surface area contributed by atoms with E-state index in [2.05, 4.69) is 5.32 Å². The Morgan fingerprint density at radius 2 is 1.78 bits per heavy atom. The molecule has 1 amide bonds. The Morgan fingerprint density at radius 1 is 1.04 bits per heavy atom. The standard InChI is InChI=1S/C17H18ClNO4/c1-21-15-3-2-4-16(11-15)23-12-17(20)19-9-10-22-14-7-5-13(18)6-8-14/h2-8,11H,9-10,12H2,1H3,(H,19,20). The molecule has 0 aliphatic rings. The highest BCUT2D eigenvalue weighted by Gasteiger charge is 2.03. The van der Waals surface area contributed by atoms with Gasteiger partial charge in [-0.15, -0.1) is 0 Å². The summed E-state index contributed by atoms with van der Waals surface area (Å²) in [5.41, 5.74) is 0. The highest BCUT2D eigenvalue weighted by molar-refractivity contribution is 6.30. The van der Waals surface area contributed by atoms with Gasteiger partial charge in [0, 0.05) is 11.1 Å². The maximum atomic E-state index is 11.7. The zero-order valence-corrected chi connectivity index (χ0v) is 13.5. The smallest absolute Gasteiger partial charge is 0.258 e. The highest BCUT2D eigenvalue weighted by atomic mass is 35.5. The molecule has 0 radical (unpaired) electrons. The topological polar surface area (TPSA) is 56.8 Å². The summed E-state index contributed by atoms with van der Waals surface area (Å²) in [6.45, 7) is 0.698. The monoisotopic (exact) mass is 335 g/mol. The van der Waals surface area contributed by atoms with Crippen molar-refractivity contribution in [3.05, 3.63) is 53.6 Å². The van der Waals surface area contributed by atoms with Gasteiger partial charge in [0.05, 0.1) is 13.7 Å². The van der Waals surface area contributed by atoms with Crippen LogP contribution in [-0.4, -0.2) is 32.8 Å². The molecular formula is C17H18ClNO4. The summed E-state index contributed by atoms with van der Waals surface area (Å²) in [5.74, 6) is 1.75. The number of hydrogen-bond acceptors (Lipinski definition) is 4. The summed E-state index contributed by atoms with van der Waals surface area (Å²) < 4.78 is 16.0. The van der Waals surface area contributed by atoms with Crippen molar-refractivity contribution in [3.63, 3.8) is 0 Å². The second-order valence-corrected chi connectivity index (χ2v) is 5.06. The zero-order chi connectivity index (χ0) is 16.5. The molecule has 6 heteroatoms. The predicted molar refractivity (Wildman–Crippen MR) is 88.4 cm³/mol. The first kappa shape index (κ1) is 17.0. The van der Waals surface area contributed by atoms with Gasteiger partial charge in [0.25, 0.3) is 5.91 Å². The van der Waals surface area contributed by atoms with Crippen LogP contribution in [0.4, 0.5) is 0 Å². The van der Waals surface area contributed by atoms with Crippen LogP contribution in [0.25, 0.3) is 0 Å². The molecule has 122 valence electrons. The second-order valence-electron chi connectivity index (χ2n) is 4.62. The lowest BCUT2D eigenvalue weighted by Gasteiger charge is -2.09. The number of carbonyl (C=O) groups excluding carboxylic acids is 1. The van der Waals surface area contributed by atoms with Crippen LogP contribution in [0.1, 0.15) is 0 Å². The van der Waals surface area contributed by atoms with Gasteiger partial charge in [0.2, 0.25) is 0 Å². The summed E-state index contributed by atoms with van der Waals surface area (Å²) in [7, 11) is 1.58. The minimum absolute atomic E-state index is 0.0614. The average molecular weight is 336 g/mol. The average Bonchev–Trinajstić information content (AvgIpc) is 2.58. The third kappa shape index (κ3) is 6.08. The molecule has 0 unspecified atom stereocenters. The maximum Gasteiger partial charge on any atom is 0.258 e. The molecule has 0 heterocycles. The molecule has 2 rings (SSSR count). The first-order valence-corrected chi connectivity index (χ1v) is 7.47. The molecule has 2 aromatic carbocycles. The Labute approximate surface area is 140 Å². The van der Waals surface area contributed by atoms with Crippen molar-refractivity contribution in [1.29, 1.82) is 0 Å². The Bertz CT molecular complexity index is 631. The molecule has 0 saturated heterocycles. The van der Waals surface area contributed by atoms with E-state index in [0.29, 0.717) is 35.4 Å². The Morgan fingerprint density at radius 3 is 2.52 bits per heavy atom. The lowest BCUT2D eigenvalue weighted by molar-refractivity contribution is -0.123. The van der Waals surface area contributed by atoms with Gasteiger partial charge in [-0.1, -0.05) is 17.7 Å². The van der Waals surface area contributed by atoms with Crippen LogP contribution >= 0.6 is 11.6 Å². The van der Waals surface area contributed by atoms with E-state index in [1.165, 1.54) is 0 Å². The minimum atomic E-state index is -0.215. The predicted octanol–water partition coefficient (Wildman–Crippen LogP) is 2.92. The first-order valence-electron chi connectivity index (χ1n) is 7.09. The van der Waals surface area contributed by atoms with E-state index in [1.54, 1.807) is 55.6 Å². The molecule has 2 aromatic rings. The Balaban J connectivity index is 1.64. The van der Waals surface area contributed by atoms with E-state index >= 15 is 0 Å². The van der Waals surface area contributed by atoms with Gasteiger partial charge in [-0.05, 0) is 36.4 Å². The van der Waals surface area contributed by atoms with Crippen molar-refractivity contribution in [1.82, 2.24) is 5.32 Å². The Kier molecular flexibility index (Phi) is 6.56. The van der Waals surface area contributed by atoms with E-state index in [0.717, 1.165) is 0 Å². The van der Waals surface area contributed by atoms with E-state index in [-0.39, 0.29) is 12.5 Å². The largest absolute Gasteiger partial charge is 0.497 e. The van der Waals surface area contributed by atoms with Crippen LogP contribution in [0.2, 0.25) is 5.02 Å². The van der Waals surface area contributed by atoms with Crippen molar-refractivity contribution >= 4 is 17.5 Å². The number of hydrogen-bond donors (Lipinski definition) is 1. The molecule has 0 aliphatic heterocycles. The fourth-order valence-electron chi connectivity index (χ4n) is 1.78. The van der Waals surface area contributed by atoms with Crippen molar-refractivity contribution < 1.29 is 19.0 Å². The van der Waals surface area contributed by atoms with E-state index in [4.69, 9.17) is 25.8 Å². The Hall–Kier alpha value is -2.40. The third-order valence-corrected chi connectivity index (χ3v) is 3.17. The minimum Gasteiger partial charge on any atom is -0.497 e. The maximum absolute atomic E-state index is 11.7. The molecule has 0 atom stereocenters. The van der Waals surface area contributed by atoms with Crippen LogP contribution in [0.15, 0.2) is 48.5 Å². The number of methoxy groups -OCH3 is 1. The molecular weight excluding hydrogens is 318 g/mol. The SMILES string of the molecule is COc1cccc(OCC(=O)NCCOc2ccc(Cl)cc2)c1. The number of carbonyl (C=O) groups is 1. The van der Waals surface area contributed by atoms with Gasteiger partial charge < -0.3 is 19.5 Å². The molecule has 0 bridgehead atoms. The van der Waals surface area contributed by atoms with Crippen LogP contribution in [0.5, 0.6) is 17.2 Å². The number of amides is 1. The van der Waals surface area contributed by atoms with Crippen LogP contribution in [-0.2, 0) is 4.79 Å². The summed E-state index contributed by atoms with van der Waals surface area (Å²) in [6, 6.07) is 14.1. The lowest BCUT2D eigenvalue weighted by atomic mass is 10.3. The molecule has 1 N–H and O–H groups in total. The third-order valence-electron chi connectivity index (χ3n) is 2.92. The quantitative estimate of drug-likeness (QED) is 0.754. The molecule has 0 aliphatic carbocycles. The first-order chi connectivity index (χ1) is 11.2. The molecule has 0 fully saturated rings. The van der Waals surface area contributed by atoms with Gasteiger partial charge in [-0.25, -0.2) is 0 Å². The molecule has 0 spiro atoms. The second kappa shape index (κ2) is 8.90. The summed E-state index contributed by atoms with van der Waals surface area (Å²) in [6.07, 6.45) is 0. The van der Waals surface area contributed by atoms with Crippen LogP contribution < -0.4 is 19.5 Å². The van der Waals surface area contributed by atoms with E-state index in [1.807, 2.05) is 0 Å². The number of nitrogens with one attached hydrogen (secondary N) is 1. The lowest BCUT2D eigenvalue weighted by Crippen LogP contribution is -2.32. The summed E-state index contributed by atoms with van der Waals surface area (Å²) in [5, 5.41) is 3.37. The number of benzene rings is 2. The van der Waals surface area contributed by atoms with Gasteiger partial charge in [0.15, 0.2) is 6.61 Å². The molecule has 23 heavy (non-hydrogen) atoms. The van der Waals surface area contributed by atoms with Crippen molar-refractivity contribution in [2.24, 2.45) is 0 Å². The zero-order valence-electron chi connectivity index (χ0n) is 12.8. The number of halogens is 1. The summed E-state index contributed by atoms with van der Waals surface area (Å²) >= 11 is 5.78. The highest BCUT2D eigenvalue weighted by Crippen LogP contribution is 2.18.